The molecule has 3 rings (SSSR count). The number of carbonyl (C=O) groups excluding carboxylic acids is 1. The molecule has 154 valence electrons. The summed E-state index contributed by atoms with van der Waals surface area (Å²) in [4.78, 5) is 12.8. The van der Waals surface area contributed by atoms with Gasteiger partial charge >= 0.3 is 5.97 Å². The minimum absolute atomic E-state index is 0.0585. The highest BCUT2D eigenvalue weighted by Crippen LogP contribution is 2.26. The smallest absolute Gasteiger partial charge is 0.340 e. The first kappa shape index (κ1) is 21.8. The van der Waals surface area contributed by atoms with E-state index in [4.69, 9.17) is 16.3 Å². The lowest BCUT2D eigenvalue weighted by Gasteiger charge is -2.21. The number of nitrogens with one attached hydrogen (secondary N) is 1. The fourth-order valence-corrected chi connectivity index (χ4v) is 4.06. The summed E-state index contributed by atoms with van der Waals surface area (Å²) in [5.74, 6) is -0.410. The average molecular weight is 442 g/mol. The van der Waals surface area contributed by atoms with Crippen molar-refractivity contribution in [1.82, 2.24) is 4.72 Å². The fraction of sp³-hybridized carbons (Fsp3) is 0.0870. The first-order valence-corrected chi connectivity index (χ1v) is 10.9. The molecule has 0 bridgehead atoms. The summed E-state index contributed by atoms with van der Waals surface area (Å²) >= 11 is 5.96. The Kier molecular flexibility index (Phi) is 6.72. The normalized spacial score (nSPS) is 12.2. The molecule has 30 heavy (non-hydrogen) atoms. The molecule has 5 nitrogen and oxygen atoms in total. The maximum atomic E-state index is 12.9. The number of hydrogen-bond acceptors (Lipinski definition) is 4. The van der Waals surface area contributed by atoms with Crippen molar-refractivity contribution in [2.24, 2.45) is 0 Å². The first-order valence-electron chi connectivity index (χ1n) is 9.07. The van der Waals surface area contributed by atoms with Crippen LogP contribution in [0.2, 0.25) is 5.02 Å². The Morgan fingerprint density at radius 3 is 2.17 bits per heavy atom. The molecule has 1 N–H and O–H groups in total. The lowest BCUT2D eigenvalue weighted by molar-refractivity contribution is -0.130. The van der Waals surface area contributed by atoms with Crippen LogP contribution in [0.1, 0.15) is 17.2 Å². The lowest BCUT2D eigenvalue weighted by atomic mass is 10.0. The van der Waals surface area contributed by atoms with Gasteiger partial charge < -0.3 is 4.74 Å². The molecule has 7 heteroatoms. The summed E-state index contributed by atoms with van der Waals surface area (Å²) in [6.45, 7) is 5.67. The van der Waals surface area contributed by atoms with Gasteiger partial charge in [0.1, 0.15) is 5.75 Å². The van der Waals surface area contributed by atoms with E-state index in [1.54, 1.807) is 66.7 Å². The van der Waals surface area contributed by atoms with Gasteiger partial charge in [-0.25, -0.2) is 13.2 Å². The van der Waals surface area contributed by atoms with E-state index in [2.05, 4.69) is 11.3 Å². The minimum Gasteiger partial charge on any atom is -0.423 e. The van der Waals surface area contributed by atoms with Gasteiger partial charge in [-0.2, -0.15) is 4.72 Å². The van der Waals surface area contributed by atoms with Crippen LogP contribution in [-0.2, 0) is 14.8 Å². The second-order valence-electron chi connectivity index (χ2n) is 6.65. The molecule has 0 aliphatic carbocycles. The Balaban J connectivity index is 1.92. The predicted molar refractivity (Wildman–Crippen MR) is 117 cm³/mol. The highest BCUT2D eigenvalue weighted by molar-refractivity contribution is 7.89. The van der Waals surface area contributed by atoms with E-state index in [1.165, 1.54) is 12.1 Å². The third kappa shape index (κ3) is 5.36. The average Bonchev–Trinajstić information content (AvgIpc) is 2.73. The van der Waals surface area contributed by atoms with E-state index in [0.29, 0.717) is 16.3 Å². The van der Waals surface area contributed by atoms with Crippen LogP contribution < -0.4 is 9.46 Å². The number of carbonyl (C=O) groups is 1. The quantitative estimate of drug-likeness (QED) is 0.324. The molecule has 0 radical (unpaired) electrons. The number of para-hydroxylation sites is 1. The molecule has 0 spiro atoms. The summed E-state index contributed by atoms with van der Waals surface area (Å²) in [7, 11) is -3.94. The molecule has 0 saturated carbocycles. The van der Waals surface area contributed by atoms with Crippen LogP contribution in [0.15, 0.2) is 95.9 Å². The highest BCUT2D eigenvalue weighted by Gasteiger charge is 2.28. The maximum Gasteiger partial charge on any atom is 0.340 e. The van der Waals surface area contributed by atoms with Crippen LogP contribution >= 0.6 is 11.6 Å². The molecule has 0 aliphatic heterocycles. The monoisotopic (exact) mass is 441 g/mol. The number of rotatable bonds is 7. The molecule has 0 fully saturated rings. The number of ether oxygens (including phenoxy) is 1. The maximum absolute atomic E-state index is 12.9. The number of sulfonamides is 1. The molecule has 3 aromatic carbocycles. The Labute approximate surface area is 181 Å². The van der Waals surface area contributed by atoms with Gasteiger partial charge in [0.2, 0.25) is 10.0 Å². The lowest BCUT2D eigenvalue weighted by Crippen LogP contribution is -2.33. The Morgan fingerprint density at radius 2 is 1.57 bits per heavy atom. The van der Waals surface area contributed by atoms with Crippen LogP contribution in [0, 0.1) is 6.92 Å². The van der Waals surface area contributed by atoms with Crippen molar-refractivity contribution in [3.05, 3.63) is 107 Å². The fourth-order valence-electron chi connectivity index (χ4n) is 2.72. The minimum atomic E-state index is -3.94. The second-order valence-corrected chi connectivity index (χ2v) is 8.80. The van der Waals surface area contributed by atoms with E-state index < -0.39 is 22.0 Å². The first-order chi connectivity index (χ1) is 14.3. The Bertz CT molecular complexity index is 1140. The third-order valence-corrected chi connectivity index (χ3v) is 6.06. The third-order valence-electron chi connectivity index (χ3n) is 4.37. The van der Waals surface area contributed by atoms with Gasteiger partial charge in [-0.3, -0.25) is 0 Å². The van der Waals surface area contributed by atoms with Crippen LogP contribution in [0.3, 0.4) is 0 Å². The van der Waals surface area contributed by atoms with E-state index in [1.807, 2.05) is 6.92 Å². The van der Waals surface area contributed by atoms with Gasteiger partial charge in [0.05, 0.1) is 16.5 Å². The molecule has 1 atom stereocenters. The number of esters is 1. The van der Waals surface area contributed by atoms with Crippen LogP contribution in [0.4, 0.5) is 0 Å². The molecule has 0 heterocycles. The summed E-state index contributed by atoms with van der Waals surface area (Å²) in [5.41, 5.74) is 1.38. The highest BCUT2D eigenvalue weighted by atomic mass is 35.5. The van der Waals surface area contributed by atoms with E-state index >= 15 is 0 Å². The summed E-state index contributed by atoms with van der Waals surface area (Å²) in [6, 6.07) is 20.3. The van der Waals surface area contributed by atoms with E-state index in [0.717, 1.165) is 5.56 Å². The van der Waals surface area contributed by atoms with Crippen molar-refractivity contribution >= 4 is 27.6 Å². The molecule has 0 amide bonds. The molecule has 0 aliphatic rings. The van der Waals surface area contributed by atoms with Gasteiger partial charge in [0.25, 0.3) is 0 Å². The van der Waals surface area contributed by atoms with E-state index in [9.17, 15) is 13.2 Å². The molecule has 0 unspecified atom stereocenters. The van der Waals surface area contributed by atoms with Crippen LogP contribution in [-0.4, -0.2) is 14.4 Å². The molecular weight excluding hydrogens is 422 g/mol. The SMILES string of the molecule is C=C(C(=O)Oc1ccccc1)[C@H](NS(=O)(=O)c1ccc(C)cc1)c1ccc(Cl)cc1. The van der Waals surface area contributed by atoms with Crippen molar-refractivity contribution in [3.63, 3.8) is 0 Å². The number of hydrogen-bond donors (Lipinski definition) is 1. The van der Waals surface area contributed by atoms with Gasteiger partial charge in [-0.15, -0.1) is 0 Å². The topological polar surface area (TPSA) is 72.5 Å². The van der Waals surface area contributed by atoms with Crippen LogP contribution in [0.25, 0.3) is 0 Å². The zero-order chi connectivity index (χ0) is 21.7. The molecule has 3 aromatic rings. The van der Waals surface area contributed by atoms with E-state index in [-0.39, 0.29) is 10.5 Å². The Morgan fingerprint density at radius 1 is 0.967 bits per heavy atom. The zero-order valence-corrected chi connectivity index (χ0v) is 17.8. The molecule has 0 aromatic heterocycles. The largest absolute Gasteiger partial charge is 0.423 e. The number of aryl methyl sites for hydroxylation is 1. The summed E-state index contributed by atoms with van der Waals surface area (Å²) in [5, 5.41) is 0.483. The van der Waals surface area contributed by atoms with Gasteiger partial charge in [-0.05, 0) is 48.9 Å². The van der Waals surface area contributed by atoms with Crippen LogP contribution in [0.5, 0.6) is 5.75 Å². The second kappa shape index (κ2) is 9.26. The summed E-state index contributed by atoms with van der Waals surface area (Å²) < 4.78 is 33.8. The predicted octanol–water partition coefficient (Wildman–Crippen LogP) is 4.83. The van der Waals surface area contributed by atoms with Crippen molar-refractivity contribution in [2.45, 2.75) is 17.9 Å². The van der Waals surface area contributed by atoms with Crippen molar-refractivity contribution in [1.29, 1.82) is 0 Å². The van der Waals surface area contributed by atoms with Gasteiger partial charge in [0.15, 0.2) is 0 Å². The number of halogens is 1. The molecule has 0 saturated heterocycles. The van der Waals surface area contributed by atoms with Gasteiger partial charge in [-0.1, -0.05) is 66.2 Å². The van der Waals surface area contributed by atoms with Crippen molar-refractivity contribution in [3.8, 4) is 5.75 Å². The van der Waals surface area contributed by atoms with Crippen molar-refractivity contribution in [2.75, 3.05) is 0 Å². The Hall–Kier alpha value is -2.93. The number of benzene rings is 3. The standard InChI is InChI=1S/C23H20ClNO4S/c1-16-8-14-21(15-9-16)30(27,28)25-22(18-10-12-19(24)13-11-18)17(2)23(26)29-20-6-4-3-5-7-20/h3-15,22,25H,2H2,1H3/t22-/m0/s1. The van der Waals surface area contributed by atoms with Crippen molar-refractivity contribution < 1.29 is 17.9 Å². The summed E-state index contributed by atoms with van der Waals surface area (Å²) in [6.07, 6.45) is 0. The zero-order valence-electron chi connectivity index (χ0n) is 16.2. The van der Waals surface area contributed by atoms with Gasteiger partial charge in [0, 0.05) is 5.02 Å². The molecular formula is C23H20ClNO4S.